The summed E-state index contributed by atoms with van der Waals surface area (Å²) < 4.78 is 0. The molecule has 16 heavy (non-hydrogen) atoms. The number of hydrogen-bond donors (Lipinski definition) is 2. The summed E-state index contributed by atoms with van der Waals surface area (Å²) in [5, 5.41) is 3.81. The first-order valence-corrected chi connectivity index (χ1v) is 5.28. The van der Waals surface area contributed by atoms with E-state index in [4.69, 9.17) is 17.3 Å². The van der Waals surface area contributed by atoms with Crippen molar-refractivity contribution in [2.24, 2.45) is 0 Å². The van der Waals surface area contributed by atoms with Gasteiger partial charge in [0, 0.05) is 16.9 Å². The van der Waals surface area contributed by atoms with Gasteiger partial charge in [-0.15, -0.1) is 0 Å². The third-order valence-corrected chi connectivity index (χ3v) is 2.53. The number of nitrogens with one attached hydrogen (secondary N) is 1. The Hall–Kier alpha value is -1.74. The molecule has 0 saturated heterocycles. The Kier molecular flexibility index (Phi) is 2.97. The van der Waals surface area contributed by atoms with E-state index in [0.717, 1.165) is 11.3 Å². The van der Waals surface area contributed by atoms with Crippen LogP contribution in [0.15, 0.2) is 36.5 Å². The van der Waals surface area contributed by atoms with Crippen molar-refractivity contribution >= 4 is 28.8 Å². The van der Waals surface area contributed by atoms with Crippen molar-refractivity contribution in [3.05, 3.63) is 47.1 Å². The Bertz CT molecular complexity index is 511. The number of anilines is 3. The van der Waals surface area contributed by atoms with Crippen molar-refractivity contribution in [1.29, 1.82) is 0 Å². The molecule has 0 unspecified atom stereocenters. The van der Waals surface area contributed by atoms with Crippen molar-refractivity contribution in [1.82, 2.24) is 4.98 Å². The fourth-order valence-electron chi connectivity index (χ4n) is 1.37. The number of nitrogens with two attached hydrogens (primary N) is 1. The highest BCUT2D eigenvalue weighted by atomic mass is 35.5. The molecule has 0 amide bonds. The first-order chi connectivity index (χ1) is 7.66. The van der Waals surface area contributed by atoms with Crippen molar-refractivity contribution < 1.29 is 0 Å². The van der Waals surface area contributed by atoms with Crippen LogP contribution in [-0.4, -0.2) is 4.98 Å². The molecule has 3 nitrogen and oxygen atoms in total. The Morgan fingerprint density at radius 3 is 2.88 bits per heavy atom. The van der Waals surface area contributed by atoms with E-state index in [9.17, 15) is 0 Å². The number of nitrogen functional groups attached to an aromatic ring is 1. The topological polar surface area (TPSA) is 50.9 Å². The van der Waals surface area contributed by atoms with Gasteiger partial charge in [0.2, 0.25) is 0 Å². The number of benzene rings is 1. The number of halogens is 1. The zero-order valence-electron chi connectivity index (χ0n) is 8.87. The molecule has 1 aromatic heterocycles. The van der Waals surface area contributed by atoms with Crippen molar-refractivity contribution in [2.75, 3.05) is 11.1 Å². The molecule has 0 fully saturated rings. The van der Waals surface area contributed by atoms with Crippen LogP contribution < -0.4 is 11.1 Å². The van der Waals surface area contributed by atoms with Gasteiger partial charge in [-0.1, -0.05) is 17.7 Å². The van der Waals surface area contributed by atoms with Crippen molar-refractivity contribution in [3.63, 3.8) is 0 Å². The van der Waals surface area contributed by atoms with Gasteiger partial charge >= 0.3 is 0 Å². The lowest BCUT2D eigenvalue weighted by molar-refractivity contribution is 1.28. The number of hydrogen-bond acceptors (Lipinski definition) is 3. The van der Waals surface area contributed by atoms with Crippen LogP contribution in [0.2, 0.25) is 5.02 Å². The number of aromatic nitrogens is 1. The van der Waals surface area contributed by atoms with Gasteiger partial charge in [0.05, 0.1) is 5.69 Å². The third-order valence-electron chi connectivity index (χ3n) is 2.30. The Morgan fingerprint density at radius 2 is 2.12 bits per heavy atom. The van der Waals surface area contributed by atoms with Gasteiger partial charge < -0.3 is 11.1 Å². The molecule has 0 aliphatic carbocycles. The van der Waals surface area contributed by atoms with E-state index in [-0.39, 0.29) is 0 Å². The van der Waals surface area contributed by atoms with Crippen LogP contribution >= 0.6 is 11.6 Å². The largest absolute Gasteiger partial charge is 0.396 e. The first-order valence-electron chi connectivity index (χ1n) is 4.90. The third kappa shape index (κ3) is 2.25. The summed E-state index contributed by atoms with van der Waals surface area (Å²) in [6.45, 7) is 1.94. The Morgan fingerprint density at radius 1 is 1.31 bits per heavy atom. The maximum atomic E-state index is 5.91. The summed E-state index contributed by atoms with van der Waals surface area (Å²) in [7, 11) is 0. The van der Waals surface area contributed by atoms with Gasteiger partial charge in [-0.05, 0) is 36.8 Å². The zero-order chi connectivity index (χ0) is 11.5. The average molecular weight is 234 g/mol. The van der Waals surface area contributed by atoms with Crippen molar-refractivity contribution in [2.45, 2.75) is 6.92 Å². The normalized spacial score (nSPS) is 10.1. The first kappa shape index (κ1) is 10.8. The highest BCUT2D eigenvalue weighted by Crippen LogP contribution is 2.24. The van der Waals surface area contributed by atoms with E-state index in [1.54, 1.807) is 6.20 Å². The summed E-state index contributed by atoms with van der Waals surface area (Å²) in [5.41, 5.74) is 8.44. The predicted octanol–water partition coefficient (Wildman–Crippen LogP) is 3.37. The second-order valence-electron chi connectivity index (χ2n) is 3.53. The molecular formula is C12H12ClN3. The van der Waals surface area contributed by atoms with Gasteiger partial charge in [-0.2, -0.15) is 0 Å². The molecule has 1 heterocycles. The monoisotopic (exact) mass is 233 g/mol. The number of aryl methyl sites for hydroxylation is 1. The average Bonchev–Trinajstić information content (AvgIpc) is 2.25. The highest BCUT2D eigenvalue weighted by molar-refractivity contribution is 6.30. The summed E-state index contributed by atoms with van der Waals surface area (Å²) >= 11 is 5.89. The summed E-state index contributed by atoms with van der Waals surface area (Å²) in [6.07, 6.45) is 1.72. The minimum atomic E-state index is 0.655. The van der Waals surface area contributed by atoms with Crippen LogP contribution in [0.5, 0.6) is 0 Å². The lowest BCUT2D eigenvalue weighted by atomic mass is 10.2. The van der Waals surface area contributed by atoms with Crippen molar-refractivity contribution in [3.8, 4) is 0 Å². The summed E-state index contributed by atoms with van der Waals surface area (Å²) in [4.78, 5) is 4.18. The lowest BCUT2D eigenvalue weighted by Gasteiger charge is -2.09. The molecule has 0 spiro atoms. The molecule has 2 aromatic rings. The second-order valence-corrected chi connectivity index (χ2v) is 3.96. The van der Waals surface area contributed by atoms with E-state index < -0.39 is 0 Å². The van der Waals surface area contributed by atoms with Crippen LogP contribution in [0.4, 0.5) is 17.2 Å². The number of pyridine rings is 1. The van der Waals surface area contributed by atoms with Crippen LogP contribution in [-0.2, 0) is 0 Å². The second kappa shape index (κ2) is 4.41. The molecule has 82 valence electrons. The molecule has 0 saturated carbocycles. The van der Waals surface area contributed by atoms with Gasteiger partial charge in [0.1, 0.15) is 0 Å². The lowest BCUT2D eigenvalue weighted by Crippen LogP contribution is -2.00. The van der Waals surface area contributed by atoms with Gasteiger partial charge in [-0.3, -0.25) is 0 Å². The molecule has 0 bridgehead atoms. The molecule has 4 heteroatoms. The van der Waals surface area contributed by atoms with Crippen LogP contribution in [0.3, 0.4) is 0 Å². The molecule has 0 aliphatic heterocycles. The molecule has 0 atom stereocenters. The molecule has 2 rings (SSSR count). The van der Waals surface area contributed by atoms with E-state index in [1.807, 2.05) is 37.3 Å². The fourth-order valence-corrected chi connectivity index (χ4v) is 1.56. The smallest absolute Gasteiger partial charge is 0.153 e. The molecule has 0 radical (unpaired) electrons. The Labute approximate surface area is 99.3 Å². The maximum absolute atomic E-state index is 5.91. The van der Waals surface area contributed by atoms with E-state index in [1.165, 1.54) is 0 Å². The predicted molar refractivity (Wildman–Crippen MR) is 68.1 cm³/mol. The minimum absolute atomic E-state index is 0.655. The zero-order valence-corrected chi connectivity index (χ0v) is 9.62. The van der Waals surface area contributed by atoms with Crippen LogP contribution in [0.1, 0.15) is 5.56 Å². The molecular weight excluding hydrogens is 222 g/mol. The molecule has 1 aromatic carbocycles. The quantitative estimate of drug-likeness (QED) is 0.836. The van der Waals surface area contributed by atoms with Crippen LogP contribution in [0.25, 0.3) is 0 Å². The van der Waals surface area contributed by atoms with E-state index in [2.05, 4.69) is 10.3 Å². The van der Waals surface area contributed by atoms with E-state index in [0.29, 0.717) is 16.5 Å². The van der Waals surface area contributed by atoms with Crippen LogP contribution in [0, 0.1) is 6.92 Å². The maximum Gasteiger partial charge on any atom is 0.153 e. The van der Waals surface area contributed by atoms with Gasteiger partial charge in [0.25, 0.3) is 0 Å². The molecule has 0 aliphatic rings. The SMILES string of the molecule is Cc1ccnc(Nc2cccc(Cl)c2)c1N. The fraction of sp³-hybridized carbons (Fsp3) is 0.0833. The molecule has 3 N–H and O–H groups in total. The standard InChI is InChI=1S/C12H12ClN3/c1-8-5-6-15-12(11(8)14)16-10-4-2-3-9(13)7-10/h2-7H,14H2,1H3,(H,15,16). The van der Waals surface area contributed by atoms with E-state index >= 15 is 0 Å². The van der Waals surface area contributed by atoms with Gasteiger partial charge in [-0.25, -0.2) is 4.98 Å². The Balaban J connectivity index is 2.31. The van der Waals surface area contributed by atoms with Gasteiger partial charge in [0.15, 0.2) is 5.82 Å². The summed E-state index contributed by atoms with van der Waals surface area (Å²) in [5.74, 6) is 0.655. The summed E-state index contributed by atoms with van der Waals surface area (Å²) in [6, 6.07) is 9.30. The number of rotatable bonds is 2. The number of nitrogens with zero attached hydrogens (tertiary/aromatic N) is 1. The highest BCUT2D eigenvalue weighted by Gasteiger charge is 2.03. The minimum Gasteiger partial charge on any atom is -0.396 e.